The van der Waals surface area contributed by atoms with Crippen molar-refractivity contribution < 1.29 is 24.2 Å². The van der Waals surface area contributed by atoms with Crippen LogP contribution in [0.5, 0.6) is 17.5 Å². The lowest BCUT2D eigenvalue weighted by Gasteiger charge is -2.42. The average molecular weight is 429 g/mol. The predicted octanol–water partition coefficient (Wildman–Crippen LogP) is 3.14. The average Bonchev–Trinajstić information content (AvgIpc) is 2.68. The van der Waals surface area contributed by atoms with Crippen molar-refractivity contribution in [3.05, 3.63) is 36.2 Å². The van der Waals surface area contributed by atoms with Crippen LogP contribution in [0.2, 0.25) is 0 Å². The van der Waals surface area contributed by atoms with Crippen LogP contribution in [0.4, 0.5) is 10.5 Å². The van der Waals surface area contributed by atoms with Gasteiger partial charge in [0, 0.05) is 11.6 Å². The van der Waals surface area contributed by atoms with Gasteiger partial charge < -0.3 is 29.6 Å². The van der Waals surface area contributed by atoms with Crippen LogP contribution in [0.15, 0.2) is 30.6 Å². The molecule has 0 aliphatic rings. The first-order valence-corrected chi connectivity index (χ1v) is 10.1. The SMILES string of the molecule is CCOc1cc(Oc2ncc(NC(=O)[C@@H](CC)N(C(=O)[O-])C(C)(C)C)cn2)ccc1C. The van der Waals surface area contributed by atoms with E-state index in [0.29, 0.717) is 23.8 Å². The van der Waals surface area contributed by atoms with Crippen molar-refractivity contribution >= 4 is 17.7 Å². The van der Waals surface area contributed by atoms with E-state index in [2.05, 4.69) is 15.3 Å². The zero-order valence-electron chi connectivity index (χ0n) is 18.8. The second kappa shape index (κ2) is 10.1. The molecule has 0 unspecified atom stereocenters. The minimum absolute atomic E-state index is 0.0994. The number of amides is 2. The molecule has 0 aliphatic heterocycles. The molecular formula is C22H29N4O5-. The van der Waals surface area contributed by atoms with Gasteiger partial charge in [0.25, 0.3) is 0 Å². The fourth-order valence-electron chi connectivity index (χ4n) is 3.07. The van der Waals surface area contributed by atoms with Gasteiger partial charge in [0.2, 0.25) is 5.91 Å². The third-order valence-electron chi connectivity index (χ3n) is 4.48. The number of carbonyl (C=O) groups excluding carboxylic acids is 2. The van der Waals surface area contributed by atoms with E-state index in [-0.39, 0.29) is 12.4 Å². The molecule has 1 heterocycles. The number of anilines is 1. The molecular weight excluding hydrogens is 400 g/mol. The van der Waals surface area contributed by atoms with E-state index in [1.165, 1.54) is 12.4 Å². The smallest absolute Gasteiger partial charge is 0.322 e. The maximum Gasteiger partial charge on any atom is 0.322 e. The highest BCUT2D eigenvalue weighted by Gasteiger charge is 2.32. The highest BCUT2D eigenvalue weighted by Crippen LogP contribution is 2.27. The lowest BCUT2D eigenvalue weighted by atomic mass is 10.0. The summed E-state index contributed by atoms with van der Waals surface area (Å²) in [6.45, 7) is 11.2. The Morgan fingerprint density at radius 3 is 2.35 bits per heavy atom. The van der Waals surface area contributed by atoms with Crippen LogP contribution in [0.1, 0.15) is 46.6 Å². The van der Waals surface area contributed by atoms with E-state index >= 15 is 0 Å². The molecule has 168 valence electrons. The Morgan fingerprint density at radius 1 is 1.19 bits per heavy atom. The zero-order chi connectivity index (χ0) is 23.2. The maximum absolute atomic E-state index is 12.7. The van der Waals surface area contributed by atoms with Crippen molar-refractivity contribution in [2.75, 3.05) is 11.9 Å². The fraction of sp³-hybridized carbons (Fsp3) is 0.455. The summed E-state index contributed by atoms with van der Waals surface area (Å²) in [5.74, 6) is 0.747. The highest BCUT2D eigenvalue weighted by molar-refractivity contribution is 5.96. The lowest BCUT2D eigenvalue weighted by Crippen LogP contribution is -2.59. The van der Waals surface area contributed by atoms with E-state index in [0.717, 1.165) is 10.5 Å². The number of ether oxygens (including phenoxy) is 2. The van der Waals surface area contributed by atoms with Crippen molar-refractivity contribution in [1.29, 1.82) is 0 Å². The first-order valence-electron chi connectivity index (χ1n) is 10.1. The molecule has 0 aliphatic carbocycles. The van der Waals surface area contributed by atoms with Gasteiger partial charge in [0.1, 0.15) is 23.6 Å². The molecule has 2 amide bonds. The molecule has 1 N–H and O–H groups in total. The monoisotopic (exact) mass is 429 g/mol. The van der Waals surface area contributed by atoms with Crippen LogP contribution in [-0.4, -0.2) is 45.1 Å². The van der Waals surface area contributed by atoms with E-state index in [4.69, 9.17) is 9.47 Å². The molecule has 9 nitrogen and oxygen atoms in total. The van der Waals surface area contributed by atoms with Gasteiger partial charge in [-0.1, -0.05) is 13.0 Å². The van der Waals surface area contributed by atoms with Gasteiger partial charge in [-0.2, -0.15) is 0 Å². The third kappa shape index (κ3) is 6.31. The van der Waals surface area contributed by atoms with Crippen molar-refractivity contribution in [1.82, 2.24) is 14.9 Å². The highest BCUT2D eigenvalue weighted by atomic mass is 16.5. The summed E-state index contributed by atoms with van der Waals surface area (Å²) in [4.78, 5) is 33.5. The Bertz CT molecular complexity index is 909. The molecule has 0 radical (unpaired) electrons. The van der Waals surface area contributed by atoms with Gasteiger partial charge in [-0.15, -0.1) is 0 Å². The summed E-state index contributed by atoms with van der Waals surface area (Å²) < 4.78 is 11.2. The van der Waals surface area contributed by atoms with E-state index < -0.39 is 23.6 Å². The van der Waals surface area contributed by atoms with Crippen molar-refractivity contribution in [3.8, 4) is 17.5 Å². The number of nitrogens with one attached hydrogen (secondary N) is 1. The summed E-state index contributed by atoms with van der Waals surface area (Å²) in [5, 5.41) is 14.2. The molecule has 31 heavy (non-hydrogen) atoms. The number of hydrogen-bond donors (Lipinski definition) is 1. The number of carboxylic acid groups (broad SMARTS) is 1. The molecule has 0 bridgehead atoms. The van der Waals surface area contributed by atoms with E-state index in [1.54, 1.807) is 39.8 Å². The van der Waals surface area contributed by atoms with Gasteiger partial charge in [0.15, 0.2) is 0 Å². The summed E-state index contributed by atoms with van der Waals surface area (Å²) in [7, 11) is 0. The summed E-state index contributed by atoms with van der Waals surface area (Å²) in [5.41, 5.74) is 0.515. The second-order valence-electron chi connectivity index (χ2n) is 7.94. The molecule has 1 atom stereocenters. The number of carbonyl (C=O) groups is 2. The van der Waals surface area contributed by atoms with Crippen LogP contribution in [0, 0.1) is 6.92 Å². The van der Waals surface area contributed by atoms with Crippen molar-refractivity contribution in [3.63, 3.8) is 0 Å². The minimum Gasteiger partial charge on any atom is -0.530 e. The first kappa shape index (κ1) is 23.9. The maximum atomic E-state index is 12.7. The van der Waals surface area contributed by atoms with Crippen LogP contribution in [0.25, 0.3) is 0 Å². The topological polar surface area (TPSA) is 117 Å². The van der Waals surface area contributed by atoms with E-state index in [9.17, 15) is 14.7 Å². The van der Waals surface area contributed by atoms with E-state index in [1.807, 2.05) is 19.9 Å². The molecule has 0 fully saturated rings. The quantitative estimate of drug-likeness (QED) is 0.685. The van der Waals surface area contributed by atoms with Gasteiger partial charge in [-0.05, 0) is 52.7 Å². The normalized spacial score (nSPS) is 12.1. The Hall–Kier alpha value is -3.36. The molecule has 1 aromatic heterocycles. The van der Waals surface area contributed by atoms with Crippen molar-refractivity contribution in [2.45, 2.75) is 59.5 Å². The molecule has 9 heteroatoms. The van der Waals surface area contributed by atoms with Crippen LogP contribution in [0.3, 0.4) is 0 Å². The van der Waals surface area contributed by atoms with Gasteiger partial charge in [0.05, 0.1) is 24.7 Å². The number of hydrogen-bond acceptors (Lipinski definition) is 7. The molecule has 0 spiro atoms. The van der Waals surface area contributed by atoms with Crippen LogP contribution >= 0.6 is 0 Å². The molecule has 2 aromatic rings. The third-order valence-corrected chi connectivity index (χ3v) is 4.48. The first-order chi connectivity index (χ1) is 14.6. The Kier molecular flexibility index (Phi) is 7.79. The summed E-state index contributed by atoms with van der Waals surface area (Å²) in [6, 6.07) is 4.60. The Labute approximate surface area is 182 Å². The number of nitrogens with zero attached hydrogens (tertiary/aromatic N) is 3. The fourth-order valence-corrected chi connectivity index (χ4v) is 3.07. The molecule has 0 saturated heterocycles. The van der Waals surface area contributed by atoms with Crippen molar-refractivity contribution in [2.24, 2.45) is 0 Å². The van der Waals surface area contributed by atoms with Gasteiger partial charge >= 0.3 is 6.01 Å². The largest absolute Gasteiger partial charge is 0.530 e. The predicted molar refractivity (Wildman–Crippen MR) is 114 cm³/mol. The van der Waals surface area contributed by atoms with Crippen LogP contribution in [-0.2, 0) is 4.79 Å². The van der Waals surface area contributed by atoms with Gasteiger partial charge in [-0.3, -0.25) is 4.79 Å². The zero-order valence-corrected chi connectivity index (χ0v) is 18.8. The second-order valence-corrected chi connectivity index (χ2v) is 7.94. The van der Waals surface area contributed by atoms with Gasteiger partial charge in [-0.25, -0.2) is 9.97 Å². The molecule has 2 rings (SSSR count). The molecule has 0 saturated carbocycles. The molecule has 1 aromatic carbocycles. The minimum atomic E-state index is -1.40. The Balaban J connectivity index is 2.10. The Morgan fingerprint density at radius 2 is 1.84 bits per heavy atom. The summed E-state index contributed by atoms with van der Waals surface area (Å²) >= 11 is 0. The van der Waals surface area contributed by atoms with Crippen LogP contribution < -0.4 is 19.9 Å². The summed E-state index contributed by atoms with van der Waals surface area (Å²) in [6.07, 6.45) is 1.67. The number of rotatable bonds is 8. The number of aryl methyl sites for hydroxylation is 1. The standard InChI is InChI=1S/C22H30N4O5/c1-7-17(26(21(28)29)22(4,5)6)19(27)25-15-12-23-20(24-13-15)31-16-10-9-14(3)18(11-16)30-8-2/h9-13,17H,7-8H2,1-6H3,(H,25,27)(H,28,29)/p-1/t17-/m1/s1. The lowest BCUT2D eigenvalue weighted by molar-refractivity contribution is -0.273. The number of aromatic nitrogens is 2. The number of benzene rings is 1.